The van der Waals surface area contributed by atoms with E-state index in [0.717, 1.165) is 17.9 Å². The lowest BCUT2D eigenvalue weighted by molar-refractivity contribution is 0.0943. The average molecular weight is 384 g/mol. The lowest BCUT2D eigenvalue weighted by Gasteiger charge is -2.12. The molecule has 27 heavy (non-hydrogen) atoms. The second kappa shape index (κ2) is 8.92. The third kappa shape index (κ3) is 5.24. The Labute approximate surface area is 162 Å². The zero-order valence-corrected chi connectivity index (χ0v) is 16.1. The van der Waals surface area contributed by atoms with Gasteiger partial charge in [-0.3, -0.25) is 4.79 Å². The van der Waals surface area contributed by atoms with Gasteiger partial charge in [0, 0.05) is 11.4 Å². The molecule has 3 aromatic rings. The molecule has 0 unspecified atom stereocenters. The number of benzene rings is 2. The molecule has 1 heterocycles. The number of nitrogens with one attached hydrogen (secondary N) is 1. The number of rotatable bonds is 7. The van der Waals surface area contributed by atoms with Crippen molar-refractivity contribution in [3.63, 3.8) is 0 Å². The van der Waals surface area contributed by atoms with Gasteiger partial charge in [0.15, 0.2) is 5.69 Å². The molecule has 0 bridgehead atoms. The van der Waals surface area contributed by atoms with Gasteiger partial charge in [-0.2, -0.15) is 0 Å². The third-order valence-electron chi connectivity index (χ3n) is 3.85. The van der Waals surface area contributed by atoms with Gasteiger partial charge >= 0.3 is 0 Å². The molecule has 0 saturated carbocycles. The van der Waals surface area contributed by atoms with E-state index in [1.54, 1.807) is 12.1 Å². The summed E-state index contributed by atoms with van der Waals surface area (Å²) in [6.45, 7) is 1.45. The SMILES string of the molecule is CN(C)CCCNC(=O)c1nc2ccccc2nc1Sc1ccc(F)cc1. The topological polar surface area (TPSA) is 58.1 Å². The summed E-state index contributed by atoms with van der Waals surface area (Å²) in [5.41, 5.74) is 1.67. The summed E-state index contributed by atoms with van der Waals surface area (Å²) in [5.74, 6) is -0.556. The first-order valence-electron chi connectivity index (χ1n) is 8.66. The van der Waals surface area contributed by atoms with Gasteiger partial charge in [-0.25, -0.2) is 14.4 Å². The molecule has 0 aliphatic rings. The zero-order valence-electron chi connectivity index (χ0n) is 15.3. The van der Waals surface area contributed by atoms with Gasteiger partial charge in [-0.05, 0) is 63.5 Å². The number of nitrogens with zero attached hydrogens (tertiary/aromatic N) is 3. The summed E-state index contributed by atoms with van der Waals surface area (Å²) in [4.78, 5) is 24.7. The van der Waals surface area contributed by atoms with E-state index in [9.17, 15) is 9.18 Å². The molecule has 1 N–H and O–H groups in total. The van der Waals surface area contributed by atoms with E-state index in [4.69, 9.17) is 0 Å². The highest BCUT2D eigenvalue weighted by atomic mass is 32.2. The zero-order chi connectivity index (χ0) is 19.2. The molecule has 5 nitrogen and oxygen atoms in total. The predicted molar refractivity (Wildman–Crippen MR) is 106 cm³/mol. The van der Waals surface area contributed by atoms with Crippen LogP contribution in [0.15, 0.2) is 58.5 Å². The van der Waals surface area contributed by atoms with Crippen molar-refractivity contribution < 1.29 is 9.18 Å². The fourth-order valence-electron chi connectivity index (χ4n) is 2.50. The highest BCUT2D eigenvalue weighted by Gasteiger charge is 2.17. The van der Waals surface area contributed by atoms with Crippen LogP contribution in [0.5, 0.6) is 0 Å². The summed E-state index contributed by atoms with van der Waals surface area (Å²) in [7, 11) is 3.99. The molecule has 0 aliphatic heterocycles. The van der Waals surface area contributed by atoms with E-state index < -0.39 is 0 Å². The van der Waals surface area contributed by atoms with E-state index in [0.29, 0.717) is 22.6 Å². The Morgan fingerprint density at radius 3 is 2.41 bits per heavy atom. The Bertz CT molecular complexity index is 931. The van der Waals surface area contributed by atoms with Gasteiger partial charge < -0.3 is 10.2 Å². The van der Waals surface area contributed by atoms with Crippen LogP contribution in [0.1, 0.15) is 16.9 Å². The first-order valence-corrected chi connectivity index (χ1v) is 9.48. The van der Waals surface area contributed by atoms with Crippen LogP contribution in [0.4, 0.5) is 4.39 Å². The maximum Gasteiger partial charge on any atom is 0.272 e. The first kappa shape index (κ1) is 19.3. The van der Waals surface area contributed by atoms with Crippen LogP contribution in [0, 0.1) is 5.82 Å². The van der Waals surface area contributed by atoms with E-state index >= 15 is 0 Å². The van der Waals surface area contributed by atoms with Crippen LogP contribution < -0.4 is 5.32 Å². The molecule has 1 aromatic heterocycles. The third-order valence-corrected chi connectivity index (χ3v) is 4.84. The fraction of sp³-hybridized carbons (Fsp3) is 0.250. The number of halogens is 1. The molecule has 3 rings (SSSR count). The average Bonchev–Trinajstić information content (AvgIpc) is 2.66. The summed E-state index contributed by atoms with van der Waals surface area (Å²) >= 11 is 1.30. The van der Waals surface area contributed by atoms with E-state index in [1.165, 1.54) is 23.9 Å². The number of carbonyl (C=O) groups excluding carboxylic acids is 1. The van der Waals surface area contributed by atoms with Gasteiger partial charge in [0.1, 0.15) is 10.8 Å². The van der Waals surface area contributed by atoms with Gasteiger partial charge in [0.05, 0.1) is 11.0 Å². The molecule has 0 fully saturated rings. The first-order chi connectivity index (χ1) is 13.0. The number of aromatic nitrogens is 2. The predicted octanol–water partition coefficient (Wildman–Crippen LogP) is 3.60. The summed E-state index contributed by atoms with van der Waals surface area (Å²) in [5, 5.41) is 3.42. The highest BCUT2D eigenvalue weighted by Crippen LogP contribution is 2.29. The summed E-state index contributed by atoms with van der Waals surface area (Å²) in [6, 6.07) is 13.5. The molecular formula is C20H21FN4OS. The smallest absolute Gasteiger partial charge is 0.272 e. The molecule has 0 saturated heterocycles. The Hall–Kier alpha value is -2.51. The van der Waals surface area contributed by atoms with Gasteiger partial charge in [-0.15, -0.1) is 0 Å². The van der Waals surface area contributed by atoms with Gasteiger partial charge in [0.25, 0.3) is 5.91 Å². The molecule has 2 aromatic carbocycles. The second-order valence-electron chi connectivity index (χ2n) is 6.33. The van der Waals surface area contributed by atoms with Crippen molar-refractivity contribution in [2.75, 3.05) is 27.2 Å². The van der Waals surface area contributed by atoms with Crippen LogP contribution in [-0.2, 0) is 0 Å². The minimum Gasteiger partial charge on any atom is -0.351 e. The number of carbonyl (C=O) groups is 1. The Morgan fingerprint density at radius 1 is 1.07 bits per heavy atom. The summed E-state index contributed by atoms with van der Waals surface area (Å²) < 4.78 is 13.2. The van der Waals surface area contributed by atoms with Crippen molar-refractivity contribution >= 4 is 28.7 Å². The monoisotopic (exact) mass is 384 g/mol. The largest absolute Gasteiger partial charge is 0.351 e. The minimum absolute atomic E-state index is 0.253. The van der Waals surface area contributed by atoms with Crippen molar-refractivity contribution in [1.29, 1.82) is 0 Å². The molecule has 1 amide bonds. The second-order valence-corrected chi connectivity index (χ2v) is 7.40. The fourth-order valence-corrected chi connectivity index (χ4v) is 3.37. The molecule has 0 aliphatic carbocycles. The van der Waals surface area contributed by atoms with E-state index in [2.05, 4.69) is 20.2 Å². The van der Waals surface area contributed by atoms with Crippen LogP contribution in [0.2, 0.25) is 0 Å². The molecule has 0 spiro atoms. The maximum absolute atomic E-state index is 13.2. The summed E-state index contributed by atoms with van der Waals surface area (Å²) in [6.07, 6.45) is 0.847. The minimum atomic E-state index is -0.303. The normalized spacial score (nSPS) is 11.1. The van der Waals surface area contributed by atoms with Crippen LogP contribution in [0.25, 0.3) is 11.0 Å². The van der Waals surface area contributed by atoms with Gasteiger partial charge in [-0.1, -0.05) is 23.9 Å². The number of hydrogen-bond acceptors (Lipinski definition) is 5. The number of amides is 1. The maximum atomic E-state index is 13.2. The molecule has 0 atom stereocenters. The van der Waals surface area contributed by atoms with Crippen LogP contribution in [-0.4, -0.2) is 48.0 Å². The van der Waals surface area contributed by atoms with Crippen molar-refractivity contribution in [3.8, 4) is 0 Å². The molecule has 140 valence electrons. The highest BCUT2D eigenvalue weighted by molar-refractivity contribution is 7.99. The van der Waals surface area contributed by atoms with Crippen LogP contribution >= 0.6 is 11.8 Å². The van der Waals surface area contributed by atoms with Crippen molar-refractivity contribution in [2.45, 2.75) is 16.3 Å². The van der Waals surface area contributed by atoms with Gasteiger partial charge in [0.2, 0.25) is 0 Å². The molecule has 0 radical (unpaired) electrons. The molecule has 7 heteroatoms. The van der Waals surface area contributed by atoms with Crippen molar-refractivity contribution in [2.24, 2.45) is 0 Å². The lowest BCUT2D eigenvalue weighted by atomic mass is 10.3. The standard InChI is InChI=1S/C20H21FN4OS/c1-25(2)13-5-12-22-19(26)18-20(27-15-10-8-14(21)9-11-15)24-17-7-4-3-6-16(17)23-18/h3-4,6-11H,5,12-13H2,1-2H3,(H,22,26). The van der Waals surface area contributed by atoms with E-state index in [1.807, 2.05) is 38.4 Å². The number of para-hydroxylation sites is 2. The van der Waals surface area contributed by atoms with Crippen LogP contribution in [0.3, 0.4) is 0 Å². The van der Waals surface area contributed by atoms with Crippen molar-refractivity contribution in [3.05, 3.63) is 60.0 Å². The Balaban J connectivity index is 1.86. The quantitative estimate of drug-likeness (QED) is 0.631. The Morgan fingerprint density at radius 2 is 1.74 bits per heavy atom. The Kier molecular flexibility index (Phi) is 6.36. The molecular weight excluding hydrogens is 363 g/mol. The van der Waals surface area contributed by atoms with Crippen molar-refractivity contribution in [1.82, 2.24) is 20.2 Å². The number of hydrogen-bond donors (Lipinski definition) is 1. The number of fused-ring (bicyclic) bond motifs is 1. The van der Waals surface area contributed by atoms with E-state index in [-0.39, 0.29) is 17.4 Å². The lowest BCUT2D eigenvalue weighted by Crippen LogP contribution is -2.28.